The van der Waals surface area contributed by atoms with Crippen LogP contribution >= 0.6 is 0 Å². The van der Waals surface area contributed by atoms with Gasteiger partial charge in [-0.1, -0.05) is 12.1 Å². The largest absolute Gasteiger partial charge is 0.394 e. The second kappa shape index (κ2) is 6.16. The van der Waals surface area contributed by atoms with E-state index in [4.69, 9.17) is 5.11 Å². The van der Waals surface area contributed by atoms with Crippen molar-refractivity contribution in [3.63, 3.8) is 0 Å². The van der Waals surface area contributed by atoms with Gasteiger partial charge in [0, 0.05) is 20.0 Å². The van der Waals surface area contributed by atoms with Crippen LogP contribution in [0.15, 0.2) is 24.3 Å². The molecule has 0 saturated carbocycles. The zero-order valence-corrected chi connectivity index (χ0v) is 10.8. The predicted octanol–water partition coefficient (Wildman–Crippen LogP) is 0.780. The molecule has 0 aromatic heterocycles. The fourth-order valence-corrected chi connectivity index (χ4v) is 1.47. The van der Waals surface area contributed by atoms with E-state index < -0.39 is 0 Å². The Hall–Kier alpha value is -1.88. The van der Waals surface area contributed by atoms with Gasteiger partial charge in [0.05, 0.1) is 17.9 Å². The molecule has 1 aromatic rings. The second-order valence-electron chi connectivity index (χ2n) is 4.15. The van der Waals surface area contributed by atoms with Crippen LogP contribution in [0.1, 0.15) is 24.2 Å². The third-order valence-corrected chi connectivity index (χ3v) is 2.63. The number of rotatable bonds is 4. The summed E-state index contributed by atoms with van der Waals surface area (Å²) in [5.74, 6) is -0.453. The molecule has 0 fully saturated rings. The number of hydrogen-bond acceptors (Lipinski definition) is 3. The van der Waals surface area contributed by atoms with Crippen molar-refractivity contribution in [1.82, 2.24) is 5.32 Å². The Labute approximate surface area is 106 Å². The molecule has 18 heavy (non-hydrogen) atoms. The van der Waals surface area contributed by atoms with Crippen molar-refractivity contribution in [1.29, 1.82) is 0 Å². The molecule has 0 radical (unpaired) electrons. The number of carbonyl (C=O) groups is 2. The maximum atomic E-state index is 12.0. The lowest BCUT2D eigenvalue weighted by atomic mass is 10.1. The van der Waals surface area contributed by atoms with Gasteiger partial charge in [-0.25, -0.2) is 0 Å². The molecule has 5 nitrogen and oxygen atoms in total. The molecule has 5 heteroatoms. The van der Waals surface area contributed by atoms with Gasteiger partial charge >= 0.3 is 0 Å². The van der Waals surface area contributed by atoms with Crippen LogP contribution in [0.4, 0.5) is 5.69 Å². The first-order chi connectivity index (χ1) is 8.47. The Morgan fingerprint density at radius 1 is 1.39 bits per heavy atom. The highest BCUT2D eigenvalue weighted by Gasteiger charge is 2.17. The minimum atomic E-state index is -0.326. The lowest BCUT2D eigenvalue weighted by Gasteiger charge is -2.19. The van der Waals surface area contributed by atoms with Gasteiger partial charge in [-0.05, 0) is 19.1 Å². The highest BCUT2D eigenvalue weighted by atomic mass is 16.3. The first-order valence-electron chi connectivity index (χ1n) is 5.72. The number of anilines is 1. The lowest BCUT2D eigenvalue weighted by molar-refractivity contribution is -0.116. The van der Waals surface area contributed by atoms with Crippen LogP contribution in [0, 0.1) is 0 Å². The summed E-state index contributed by atoms with van der Waals surface area (Å²) < 4.78 is 0. The van der Waals surface area contributed by atoms with Gasteiger partial charge in [0.15, 0.2) is 0 Å². The molecule has 2 N–H and O–H groups in total. The smallest absolute Gasteiger partial charge is 0.253 e. The Morgan fingerprint density at radius 3 is 2.56 bits per heavy atom. The van der Waals surface area contributed by atoms with Crippen molar-refractivity contribution in [2.24, 2.45) is 0 Å². The summed E-state index contributed by atoms with van der Waals surface area (Å²) in [6.45, 7) is 3.01. The van der Waals surface area contributed by atoms with Crippen molar-refractivity contribution in [2.75, 3.05) is 18.6 Å². The van der Waals surface area contributed by atoms with Crippen LogP contribution in [-0.4, -0.2) is 36.6 Å². The molecular formula is C13H18N2O3. The molecule has 0 spiro atoms. The molecule has 0 bridgehead atoms. The van der Waals surface area contributed by atoms with Crippen molar-refractivity contribution in [3.8, 4) is 0 Å². The van der Waals surface area contributed by atoms with E-state index in [0.29, 0.717) is 11.3 Å². The van der Waals surface area contributed by atoms with E-state index in [1.54, 1.807) is 38.2 Å². The number of amides is 2. The molecule has 0 aliphatic rings. The Kier molecular flexibility index (Phi) is 4.85. The minimum Gasteiger partial charge on any atom is -0.394 e. The van der Waals surface area contributed by atoms with E-state index in [9.17, 15) is 9.59 Å². The fourth-order valence-electron chi connectivity index (χ4n) is 1.47. The summed E-state index contributed by atoms with van der Waals surface area (Å²) >= 11 is 0. The van der Waals surface area contributed by atoms with Gasteiger partial charge < -0.3 is 15.3 Å². The van der Waals surface area contributed by atoms with Gasteiger partial charge in [-0.3, -0.25) is 9.59 Å². The van der Waals surface area contributed by atoms with Gasteiger partial charge in [-0.15, -0.1) is 0 Å². The maximum Gasteiger partial charge on any atom is 0.253 e. The fraction of sp³-hybridized carbons (Fsp3) is 0.385. The number of aliphatic hydroxyl groups excluding tert-OH is 1. The third-order valence-electron chi connectivity index (χ3n) is 2.63. The van der Waals surface area contributed by atoms with Crippen molar-refractivity contribution in [2.45, 2.75) is 19.9 Å². The number of hydrogen-bond donors (Lipinski definition) is 2. The zero-order chi connectivity index (χ0) is 13.7. The monoisotopic (exact) mass is 250 g/mol. The van der Waals surface area contributed by atoms with Crippen LogP contribution in [0.5, 0.6) is 0 Å². The van der Waals surface area contributed by atoms with Gasteiger partial charge in [-0.2, -0.15) is 0 Å². The van der Waals surface area contributed by atoms with Crippen LogP contribution < -0.4 is 10.2 Å². The van der Waals surface area contributed by atoms with E-state index in [2.05, 4.69) is 5.32 Å². The van der Waals surface area contributed by atoms with Crippen molar-refractivity contribution >= 4 is 17.5 Å². The van der Waals surface area contributed by atoms with Crippen LogP contribution in [0.25, 0.3) is 0 Å². The number of carbonyl (C=O) groups excluding carboxylic acids is 2. The van der Waals surface area contributed by atoms with E-state index in [1.807, 2.05) is 0 Å². The van der Waals surface area contributed by atoms with Crippen molar-refractivity contribution in [3.05, 3.63) is 29.8 Å². The number of nitrogens with one attached hydrogen (secondary N) is 1. The first kappa shape index (κ1) is 14.2. The highest BCUT2D eigenvalue weighted by molar-refractivity contribution is 6.04. The quantitative estimate of drug-likeness (QED) is 0.829. The number of aliphatic hydroxyl groups is 1. The molecule has 0 aliphatic heterocycles. The van der Waals surface area contributed by atoms with E-state index >= 15 is 0 Å². The zero-order valence-electron chi connectivity index (χ0n) is 10.8. The van der Waals surface area contributed by atoms with Crippen LogP contribution in [0.2, 0.25) is 0 Å². The average molecular weight is 250 g/mol. The molecular weight excluding hydrogens is 232 g/mol. The summed E-state index contributed by atoms with van der Waals surface area (Å²) in [4.78, 5) is 24.8. The van der Waals surface area contributed by atoms with Crippen LogP contribution in [0.3, 0.4) is 0 Å². The third kappa shape index (κ3) is 3.30. The molecule has 98 valence electrons. The molecule has 2 amide bonds. The summed E-state index contributed by atoms with van der Waals surface area (Å²) in [5, 5.41) is 11.6. The molecule has 0 unspecified atom stereocenters. The van der Waals surface area contributed by atoms with E-state index in [1.165, 1.54) is 11.8 Å². The SMILES string of the molecule is CC(=O)N(C)c1ccccc1C(=O)N[C@H](C)CO. The summed E-state index contributed by atoms with van der Waals surface area (Å²) in [5.41, 5.74) is 0.961. The normalized spacial score (nSPS) is 11.8. The molecule has 0 saturated heterocycles. The average Bonchev–Trinajstić information content (AvgIpc) is 2.37. The van der Waals surface area contributed by atoms with Crippen LogP contribution in [-0.2, 0) is 4.79 Å². The minimum absolute atomic E-state index is 0.129. The maximum absolute atomic E-state index is 12.0. The standard InChI is InChI=1S/C13H18N2O3/c1-9(8-16)14-13(18)11-6-4-5-7-12(11)15(3)10(2)17/h4-7,9,16H,8H2,1-3H3,(H,14,18)/t9-/m1/s1. The molecule has 0 heterocycles. The van der Waals surface area contributed by atoms with E-state index in [0.717, 1.165) is 0 Å². The Morgan fingerprint density at radius 2 is 2.00 bits per heavy atom. The molecule has 1 rings (SSSR count). The van der Waals surface area contributed by atoms with Gasteiger partial charge in [0.1, 0.15) is 0 Å². The van der Waals surface area contributed by atoms with Gasteiger partial charge in [0.25, 0.3) is 5.91 Å². The number of nitrogens with zero attached hydrogens (tertiary/aromatic N) is 1. The molecule has 1 atom stereocenters. The molecule has 0 aliphatic carbocycles. The predicted molar refractivity (Wildman–Crippen MR) is 69.5 cm³/mol. The summed E-state index contributed by atoms with van der Waals surface area (Å²) in [6.07, 6.45) is 0. The van der Waals surface area contributed by atoms with E-state index in [-0.39, 0.29) is 24.5 Å². The lowest BCUT2D eigenvalue weighted by Crippen LogP contribution is -2.36. The number of benzene rings is 1. The highest BCUT2D eigenvalue weighted by Crippen LogP contribution is 2.19. The Balaban J connectivity index is 3.02. The second-order valence-corrected chi connectivity index (χ2v) is 4.15. The molecule has 1 aromatic carbocycles. The van der Waals surface area contributed by atoms with Gasteiger partial charge in [0.2, 0.25) is 5.91 Å². The number of para-hydroxylation sites is 1. The first-order valence-corrected chi connectivity index (χ1v) is 5.72. The summed E-state index contributed by atoms with van der Waals surface area (Å²) in [7, 11) is 1.61. The summed E-state index contributed by atoms with van der Waals surface area (Å²) in [6, 6.07) is 6.53. The van der Waals surface area contributed by atoms with Crippen molar-refractivity contribution < 1.29 is 14.7 Å². The topological polar surface area (TPSA) is 69.6 Å². The Bertz CT molecular complexity index is 446.